The fraction of sp³-hybridized carbons (Fsp3) is 0.176. The molecule has 0 aromatic heterocycles. The molecule has 0 saturated heterocycles. The van der Waals surface area contributed by atoms with E-state index in [1.165, 1.54) is 5.56 Å². The summed E-state index contributed by atoms with van der Waals surface area (Å²) in [5.41, 5.74) is 4.48. The Morgan fingerprint density at radius 3 is 2.52 bits per heavy atom. The zero-order chi connectivity index (χ0) is 14.7. The third kappa shape index (κ3) is 3.28. The first-order valence-corrected chi connectivity index (χ1v) is 7.41. The van der Waals surface area contributed by atoms with Crippen molar-refractivity contribution in [3.05, 3.63) is 65.7 Å². The van der Waals surface area contributed by atoms with Crippen molar-refractivity contribution in [3.8, 4) is 0 Å². The van der Waals surface area contributed by atoms with E-state index in [0.29, 0.717) is 5.11 Å². The Labute approximate surface area is 130 Å². The lowest BCUT2D eigenvalue weighted by molar-refractivity contribution is 0.499. The molecule has 2 aromatic carbocycles. The van der Waals surface area contributed by atoms with Crippen LogP contribution in [0.5, 0.6) is 0 Å². The summed E-state index contributed by atoms with van der Waals surface area (Å²) in [6, 6.07) is 18.4. The van der Waals surface area contributed by atoms with Crippen LogP contribution in [0.2, 0.25) is 0 Å². The maximum absolute atomic E-state index is 5.44. The number of anilines is 1. The molecule has 0 saturated carbocycles. The van der Waals surface area contributed by atoms with Gasteiger partial charge in [-0.3, -0.25) is 0 Å². The summed E-state index contributed by atoms with van der Waals surface area (Å²) >= 11 is 5.44. The van der Waals surface area contributed by atoms with Gasteiger partial charge in [0.05, 0.1) is 5.71 Å². The van der Waals surface area contributed by atoms with Crippen molar-refractivity contribution in [3.63, 3.8) is 0 Å². The Morgan fingerprint density at radius 2 is 1.81 bits per heavy atom. The molecule has 21 heavy (non-hydrogen) atoms. The van der Waals surface area contributed by atoms with Crippen molar-refractivity contribution in [2.24, 2.45) is 5.10 Å². The van der Waals surface area contributed by atoms with E-state index in [4.69, 9.17) is 12.2 Å². The van der Waals surface area contributed by atoms with Crippen molar-refractivity contribution in [2.75, 3.05) is 11.9 Å². The molecular weight excluding hydrogens is 278 g/mol. The van der Waals surface area contributed by atoms with Crippen LogP contribution in [-0.2, 0) is 0 Å². The van der Waals surface area contributed by atoms with E-state index in [-0.39, 0.29) is 0 Å². The van der Waals surface area contributed by atoms with Gasteiger partial charge < -0.3 is 5.32 Å². The van der Waals surface area contributed by atoms with Crippen molar-refractivity contribution in [1.82, 2.24) is 5.01 Å². The maximum atomic E-state index is 5.44. The number of nitrogens with zero attached hydrogens (tertiary/aromatic N) is 2. The molecule has 1 N–H and O–H groups in total. The molecule has 1 aliphatic heterocycles. The number of aryl methyl sites for hydroxylation is 1. The number of thiocarbonyl (C=S) groups is 1. The van der Waals surface area contributed by atoms with Gasteiger partial charge in [-0.1, -0.05) is 48.0 Å². The molecule has 4 heteroatoms. The number of hydrogen-bond donors (Lipinski definition) is 1. The van der Waals surface area contributed by atoms with Crippen molar-refractivity contribution >= 4 is 28.7 Å². The molecular formula is C17H17N3S. The van der Waals surface area contributed by atoms with Crippen LogP contribution in [0.3, 0.4) is 0 Å². The van der Waals surface area contributed by atoms with Gasteiger partial charge >= 0.3 is 0 Å². The Hall–Kier alpha value is -2.20. The topological polar surface area (TPSA) is 27.6 Å². The lowest BCUT2D eigenvalue weighted by Crippen LogP contribution is -2.28. The van der Waals surface area contributed by atoms with E-state index in [9.17, 15) is 0 Å². The van der Waals surface area contributed by atoms with Crippen LogP contribution in [-0.4, -0.2) is 22.4 Å². The van der Waals surface area contributed by atoms with E-state index in [2.05, 4.69) is 41.6 Å². The van der Waals surface area contributed by atoms with E-state index < -0.39 is 0 Å². The van der Waals surface area contributed by atoms with E-state index >= 15 is 0 Å². The highest BCUT2D eigenvalue weighted by atomic mass is 32.1. The molecule has 0 unspecified atom stereocenters. The maximum Gasteiger partial charge on any atom is 0.194 e. The minimum atomic E-state index is 0.643. The summed E-state index contributed by atoms with van der Waals surface area (Å²) in [6.07, 6.45) is 0.916. The molecule has 0 radical (unpaired) electrons. The highest BCUT2D eigenvalue weighted by molar-refractivity contribution is 7.80. The molecule has 2 aromatic rings. The first-order valence-electron chi connectivity index (χ1n) is 7.00. The number of rotatable bonds is 2. The molecule has 0 spiro atoms. The molecule has 0 fully saturated rings. The average molecular weight is 295 g/mol. The minimum Gasteiger partial charge on any atom is -0.331 e. The van der Waals surface area contributed by atoms with Crippen LogP contribution in [0.4, 0.5) is 5.69 Å². The fourth-order valence-electron chi connectivity index (χ4n) is 2.26. The van der Waals surface area contributed by atoms with Gasteiger partial charge in [-0.2, -0.15) is 5.10 Å². The van der Waals surface area contributed by atoms with Crippen LogP contribution in [0.1, 0.15) is 17.5 Å². The van der Waals surface area contributed by atoms with E-state index in [1.807, 2.05) is 35.3 Å². The second kappa shape index (κ2) is 6.06. The van der Waals surface area contributed by atoms with Gasteiger partial charge in [-0.15, -0.1) is 0 Å². The van der Waals surface area contributed by atoms with Crippen LogP contribution < -0.4 is 5.32 Å². The zero-order valence-electron chi connectivity index (χ0n) is 11.9. The van der Waals surface area contributed by atoms with Gasteiger partial charge in [-0.25, -0.2) is 5.01 Å². The standard InChI is InChI=1S/C17H17N3S/c1-13-7-9-15(10-8-13)18-17(21)20-12-11-16(19-20)14-5-3-2-4-6-14/h2-10H,11-12H2,1H3,(H,18,21). The van der Waals surface area contributed by atoms with Crippen LogP contribution in [0.15, 0.2) is 59.7 Å². The monoisotopic (exact) mass is 295 g/mol. The summed E-state index contributed by atoms with van der Waals surface area (Å²) in [5.74, 6) is 0. The van der Waals surface area contributed by atoms with Gasteiger partial charge in [0.25, 0.3) is 0 Å². The third-order valence-electron chi connectivity index (χ3n) is 3.45. The summed E-state index contributed by atoms with van der Waals surface area (Å²) in [4.78, 5) is 0. The lowest BCUT2D eigenvalue weighted by atomic mass is 10.1. The van der Waals surface area contributed by atoms with Gasteiger partial charge in [0.15, 0.2) is 5.11 Å². The van der Waals surface area contributed by atoms with Crippen molar-refractivity contribution in [1.29, 1.82) is 0 Å². The zero-order valence-corrected chi connectivity index (χ0v) is 12.7. The fourth-order valence-corrected chi connectivity index (χ4v) is 2.51. The number of nitrogens with one attached hydrogen (secondary N) is 1. The van der Waals surface area contributed by atoms with Crippen molar-refractivity contribution in [2.45, 2.75) is 13.3 Å². The minimum absolute atomic E-state index is 0.643. The Kier molecular flexibility index (Phi) is 3.97. The molecule has 0 bridgehead atoms. The summed E-state index contributed by atoms with van der Waals surface area (Å²) in [7, 11) is 0. The summed E-state index contributed by atoms with van der Waals surface area (Å²) in [5, 5.41) is 10.4. The predicted molar refractivity (Wildman–Crippen MR) is 91.7 cm³/mol. The molecule has 1 heterocycles. The van der Waals surface area contributed by atoms with Gasteiger partial charge in [0.2, 0.25) is 0 Å². The Morgan fingerprint density at radius 1 is 1.10 bits per heavy atom. The highest BCUT2D eigenvalue weighted by Crippen LogP contribution is 2.16. The smallest absolute Gasteiger partial charge is 0.194 e. The molecule has 3 nitrogen and oxygen atoms in total. The molecule has 0 atom stereocenters. The third-order valence-corrected chi connectivity index (χ3v) is 3.76. The first-order chi connectivity index (χ1) is 10.2. The number of hydrogen-bond acceptors (Lipinski definition) is 2. The summed E-state index contributed by atoms with van der Waals surface area (Å²) < 4.78 is 0. The highest BCUT2D eigenvalue weighted by Gasteiger charge is 2.18. The van der Waals surface area contributed by atoms with Crippen LogP contribution in [0, 0.1) is 6.92 Å². The first kappa shape index (κ1) is 13.8. The molecule has 0 amide bonds. The molecule has 106 valence electrons. The largest absolute Gasteiger partial charge is 0.331 e. The lowest BCUT2D eigenvalue weighted by Gasteiger charge is -2.16. The Balaban J connectivity index is 1.69. The van der Waals surface area contributed by atoms with Gasteiger partial charge in [0.1, 0.15) is 0 Å². The molecule has 1 aliphatic rings. The van der Waals surface area contributed by atoms with E-state index in [1.54, 1.807) is 0 Å². The SMILES string of the molecule is Cc1ccc(NC(=S)N2CCC(c3ccccc3)=N2)cc1. The number of hydrazone groups is 1. The van der Waals surface area contributed by atoms with Gasteiger partial charge in [-0.05, 0) is 36.8 Å². The second-order valence-electron chi connectivity index (χ2n) is 5.08. The van der Waals surface area contributed by atoms with Crippen LogP contribution >= 0.6 is 12.2 Å². The predicted octanol–water partition coefficient (Wildman–Crippen LogP) is 3.80. The second-order valence-corrected chi connectivity index (χ2v) is 5.47. The normalized spacial score (nSPS) is 14.0. The molecule has 0 aliphatic carbocycles. The van der Waals surface area contributed by atoms with Crippen molar-refractivity contribution < 1.29 is 0 Å². The van der Waals surface area contributed by atoms with Crippen LogP contribution in [0.25, 0.3) is 0 Å². The van der Waals surface area contributed by atoms with E-state index in [0.717, 1.165) is 29.9 Å². The quantitative estimate of drug-likeness (QED) is 0.854. The van der Waals surface area contributed by atoms with Gasteiger partial charge in [0, 0.05) is 18.7 Å². The summed E-state index contributed by atoms with van der Waals surface area (Å²) in [6.45, 7) is 2.89. The average Bonchev–Trinajstić information content (AvgIpc) is 3.00. The molecule has 3 rings (SSSR count). The Bertz CT molecular complexity index is 662. The number of benzene rings is 2.